The molecule has 6 nitrogen and oxygen atoms in total. The summed E-state index contributed by atoms with van der Waals surface area (Å²) in [5.74, 6) is -1.33. The van der Waals surface area contributed by atoms with Gasteiger partial charge < -0.3 is 15.7 Å². The van der Waals surface area contributed by atoms with E-state index in [0.717, 1.165) is 16.6 Å². The lowest BCUT2D eigenvalue weighted by atomic mass is 10.2. The zero-order valence-corrected chi connectivity index (χ0v) is 14.6. The zero-order chi connectivity index (χ0) is 16.5. The van der Waals surface area contributed by atoms with Crippen LogP contribution < -0.4 is 10.6 Å². The van der Waals surface area contributed by atoms with E-state index in [-0.39, 0.29) is 18.2 Å². The summed E-state index contributed by atoms with van der Waals surface area (Å²) in [6.07, 6.45) is 2.22. The maximum atomic E-state index is 11.9. The molecule has 0 saturated carbocycles. The number of unbranched alkanes of at least 4 members (excludes halogenated alkanes) is 2. The number of carboxylic acid groups (broad SMARTS) is 1. The molecule has 1 atom stereocenters. The summed E-state index contributed by atoms with van der Waals surface area (Å²) < 4.78 is 0.858. The number of thiophene rings is 1. The van der Waals surface area contributed by atoms with Crippen molar-refractivity contribution in [1.82, 2.24) is 10.6 Å². The van der Waals surface area contributed by atoms with Crippen LogP contribution in [0.15, 0.2) is 15.9 Å². The Balaban J connectivity index is 2.22. The van der Waals surface area contributed by atoms with E-state index in [1.165, 1.54) is 11.3 Å². The fraction of sp³-hybridized carbons (Fsp3) is 0.500. The van der Waals surface area contributed by atoms with Crippen molar-refractivity contribution >= 4 is 45.1 Å². The lowest BCUT2D eigenvalue weighted by Crippen LogP contribution is -2.44. The molecule has 1 unspecified atom stereocenters. The first-order valence-corrected chi connectivity index (χ1v) is 8.57. The van der Waals surface area contributed by atoms with Crippen LogP contribution in [0.25, 0.3) is 0 Å². The van der Waals surface area contributed by atoms with Crippen LogP contribution in [0.4, 0.5) is 0 Å². The lowest BCUT2D eigenvalue weighted by Gasteiger charge is -2.13. The van der Waals surface area contributed by atoms with Crippen molar-refractivity contribution in [3.63, 3.8) is 0 Å². The van der Waals surface area contributed by atoms with Gasteiger partial charge in [0.05, 0.1) is 8.66 Å². The quantitative estimate of drug-likeness (QED) is 0.564. The number of carbonyl (C=O) groups is 3. The minimum atomic E-state index is -0.805. The zero-order valence-electron chi connectivity index (χ0n) is 12.2. The molecule has 1 heterocycles. The third kappa shape index (κ3) is 7.04. The first-order chi connectivity index (χ1) is 10.4. The molecule has 0 fully saturated rings. The van der Waals surface area contributed by atoms with Gasteiger partial charge >= 0.3 is 5.97 Å². The Kier molecular flexibility index (Phi) is 8.11. The van der Waals surface area contributed by atoms with Crippen molar-refractivity contribution in [2.75, 3.05) is 6.54 Å². The highest BCUT2D eigenvalue weighted by atomic mass is 79.9. The van der Waals surface area contributed by atoms with E-state index in [1.54, 1.807) is 19.1 Å². The second-order valence-corrected chi connectivity index (χ2v) is 7.26. The summed E-state index contributed by atoms with van der Waals surface area (Å²) in [7, 11) is 0. The van der Waals surface area contributed by atoms with Crippen molar-refractivity contribution in [2.24, 2.45) is 0 Å². The Labute approximate surface area is 141 Å². The van der Waals surface area contributed by atoms with Crippen LogP contribution >= 0.6 is 27.3 Å². The molecule has 3 N–H and O–H groups in total. The van der Waals surface area contributed by atoms with Crippen LogP contribution in [-0.2, 0) is 9.59 Å². The maximum Gasteiger partial charge on any atom is 0.303 e. The molecule has 0 aliphatic rings. The smallest absolute Gasteiger partial charge is 0.303 e. The van der Waals surface area contributed by atoms with Crippen molar-refractivity contribution in [1.29, 1.82) is 0 Å². The molecule has 0 aromatic carbocycles. The molecule has 0 aliphatic heterocycles. The molecule has 0 spiro atoms. The highest BCUT2D eigenvalue weighted by Gasteiger charge is 2.17. The SMILES string of the molecule is CC(NC(=O)c1ccc(Br)s1)C(=O)NCCCCCC(=O)O. The van der Waals surface area contributed by atoms with E-state index < -0.39 is 12.0 Å². The van der Waals surface area contributed by atoms with Gasteiger partial charge in [0, 0.05) is 13.0 Å². The van der Waals surface area contributed by atoms with Gasteiger partial charge in [-0.15, -0.1) is 11.3 Å². The second-order valence-electron chi connectivity index (χ2n) is 4.79. The topological polar surface area (TPSA) is 95.5 Å². The fourth-order valence-electron chi connectivity index (χ4n) is 1.71. The highest BCUT2D eigenvalue weighted by molar-refractivity contribution is 9.11. The predicted molar refractivity (Wildman–Crippen MR) is 88.1 cm³/mol. The number of hydrogen-bond donors (Lipinski definition) is 3. The first-order valence-electron chi connectivity index (χ1n) is 6.96. The number of amides is 2. The van der Waals surface area contributed by atoms with Gasteiger partial charge in [0.1, 0.15) is 6.04 Å². The summed E-state index contributed by atoms with van der Waals surface area (Å²) in [6, 6.07) is 2.85. The van der Waals surface area contributed by atoms with Gasteiger partial charge in [0.2, 0.25) is 5.91 Å². The van der Waals surface area contributed by atoms with E-state index in [9.17, 15) is 14.4 Å². The molecule has 1 aromatic heterocycles. The van der Waals surface area contributed by atoms with Crippen molar-refractivity contribution in [3.8, 4) is 0 Å². The van der Waals surface area contributed by atoms with Gasteiger partial charge in [-0.25, -0.2) is 0 Å². The van der Waals surface area contributed by atoms with Crippen LogP contribution in [0.3, 0.4) is 0 Å². The van der Waals surface area contributed by atoms with Gasteiger partial charge in [0.25, 0.3) is 5.91 Å². The van der Waals surface area contributed by atoms with Gasteiger partial charge in [-0.2, -0.15) is 0 Å². The number of halogens is 1. The Morgan fingerprint density at radius 3 is 2.59 bits per heavy atom. The van der Waals surface area contributed by atoms with Crippen LogP contribution in [0.1, 0.15) is 42.3 Å². The summed E-state index contributed by atoms with van der Waals surface area (Å²) in [6.45, 7) is 2.10. The Hall–Kier alpha value is -1.41. The van der Waals surface area contributed by atoms with Crippen LogP contribution in [-0.4, -0.2) is 35.5 Å². The highest BCUT2D eigenvalue weighted by Crippen LogP contribution is 2.21. The number of carboxylic acids is 1. The minimum absolute atomic E-state index is 0.150. The van der Waals surface area contributed by atoms with Gasteiger partial charge in [-0.1, -0.05) is 6.42 Å². The average Bonchev–Trinajstić information content (AvgIpc) is 2.88. The van der Waals surface area contributed by atoms with Gasteiger partial charge in [-0.3, -0.25) is 14.4 Å². The van der Waals surface area contributed by atoms with Crippen molar-refractivity contribution < 1.29 is 19.5 Å². The molecule has 22 heavy (non-hydrogen) atoms. The molecule has 1 rings (SSSR count). The minimum Gasteiger partial charge on any atom is -0.481 e. The number of aliphatic carboxylic acids is 1. The Morgan fingerprint density at radius 2 is 2.00 bits per heavy atom. The fourth-order valence-corrected chi connectivity index (χ4v) is 3.00. The molecule has 8 heteroatoms. The normalized spacial score (nSPS) is 11.7. The van der Waals surface area contributed by atoms with Crippen LogP contribution in [0.5, 0.6) is 0 Å². The Bertz CT molecular complexity index is 533. The number of carbonyl (C=O) groups excluding carboxylic acids is 2. The van der Waals surface area contributed by atoms with E-state index in [4.69, 9.17) is 5.11 Å². The van der Waals surface area contributed by atoms with Crippen molar-refractivity contribution in [2.45, 2.75) is 38.6 Å². The number of nitrogens with one attached hydrogen (secondary N) is 2. The largest absolute Gasteiger partial charge is 0.481 e. The van der Waals surface area contributed by atoms with Crippen molar-refractivity contribution in [3.05, 3.63) is 20.8 Å². The third-order valence-electron chi connectivity index (χ3n) is 2.90. The summed E-state index contributed by atoms with van der Waals surface area (Å²) in [5, 5.41) is 13.9. The number of rotatable bonds is 9. The number of hydrogen-bond acceptors (Lipinski definition) is 4. The first kappa shape index (κ1) is 18.6. The molecule has 2 amide bonds. The third-order valence-corrected chi connectivity index (χ3v) is 4.53. The van der Waals surface area contributed by atoms with E-state index >= 15 is 0 Å². The second kappa shape index (κ2) is 9.58. The molecule has 0 saturated heterocycles. The molecule has 0 bridgehead atoms. The molecule has 0 radical (unpaired) electrons. The van der Waals surface area contributed by atoms with E-state index in [2.05, 4.69) is 26.6 Å². The average molecular weight is 391 g/mol. The standard InChI is InChI=1S/C14H19BrN2O4S/c1-9(17-14(21)10-6-7-11(15)22-10)13(20)16-8-4-2-3-5-12(18)19/h6-7,9H,2-5,8H2,1H3,(H,16,20)(H,17,21)(H,18,19). The molecule has 0 aliphatic carbocycles. The van der Waals surface area contributed by atoms with E-state index in [1.807, 2.05) is 0 Å². The molecular formula is C14H19BrN2O4S. The summed E-state index contributed by atoms with van der Waals surface area (Å²) in [5.41, 5.74) is 0. The van der Waals surface area contributed by atoms with Gasteiger partial charge in [-0.05, 0) is 47.8 Å². The summed E-state index contributed by atoms with van der Waals surface area (Å²) in [4.78, 5) is 34.6. The monoisotopic (exact) mass is 390 g/mol. The maximum absolute atomic E-state index is 11.9. The van der Waals surface area contributed by atoms with Gasteiger partial charge in [0.15, 0.2) is 0 Å². The molecule has 1 aromatic rings. The van der Waals surface area contributed by atoms with E-state index in [0.29, 0.717) is 17.8 Å². The summed E-state index contributed by atoms with van der Waals surface area (Å²) >= 11 is 4.59. The van der Waals surface area contributed by atoms with Crippen LogP contribution in [0.2, 0.25) is 0 Å². The predicted octanol–water partition coefficient (Wildman–Crippen LogP) is 2.39. The molecule has 122 valence electrons. The lowest BCUT2D eigenvalue weighted by molar-refractivity contribution is -0.137. The Morgan fingerprint density at radius 1 is 1.27 bits per heavy atom. The van der Waals surface area contributed by atoms with Crippen LogP contribution in [0, 0.1) is 0 Å². The molecular weight excluding hydrogens is 372 g/mol.